The van der Waals surface area contributed by atoms with E-state index in [1.54, 1.807) is 24.4 Å². The number of amides is 1. The van der Waals surface area contributed by atoms with Crippen LogP contribution in [0.4, 0.5) is 4.39 Å². The molecule has 0 aliphatic rings. The van der Waals surface area contributed by atoms with E-state index in [4.69, 9.17) is 0 Å². The summed E-state index contributed by atoms with van der Waals surface area (Å²) in [5, 5.41) is 3.49. The van der Waals surface area contributed by atoms with Gasteiger partial charge in [0.2, 0.25) is 5.91 Å². The average molecular weight is 369 g/mol. The fraction of sp³-hybridized carbons (Fsp3) is 0.200. The number of carbonyl (C=O) groups is 1. The van der Waals surface area contributed by atoms with Gasteiger partial charge in [-0.3, -0.25) is 9.36 Å². The SMILES string of the molecule is Cc1ccc(C)c(-n2ccnc2SCC(=O)NCc2ccccc2F)c1. The summed E-state index contributed by atoms with van der Waals surface area (Å²) in [4.78, 5) is 16.5. The number of benzene rings is 2. The monoisotopic (exact) mass is 369 g/mol. The molecule has 1 aromatic heterocycles. The number of carbonyl (C=O) groups excluding carboxylic acids is 1. The molecule has 0 aliphatic heterocycles. The molecule has 0 saturated heterocycles. The highest BCUT2D eigenvalue weighted by molar-refractivity contribution is 7.99. The molecule has 0 atom stereocenters. The van der Waals surface area contributed by atoms with Gasteiger partial charge in [0, 0.05) is 24.5 Å². The molecule has 0 fully saturated rings. The van der Waals surface area contributed by atoms with Crippen molar-refractivity contribution in [3.05, 3.63) is 77.4 Å². The van der Waals surface area contributed by atoms with Crippen LogP contribution in [0.1, 0.15) is 16.7 Å². The predicted octanol–water partition coefficient (Wildman–Crippen LogP) is 4.04. The van der Waals surface area contributed by atoms with E-state index in [0.29, 0.717) is 5.56 Å². The first-order valence-corrected chi connectivity index (χ1v) is 9.27. The van der Waals surface area contributed by atoms with Gasteiger partial charge >= 0.3 is 0 Å². The second-order valence-corrected chi connectivity index (χ2v) is 6.97. The number of aryl methyl sites for hydroxylation is 2. The first kappa shape index (κ1) is 18.2. The van der Waals surface area contributed by atoms with E-state index in [1.807, 2.05) is 24.6 Å². The molecule has 0 aliphatic carbocycles. The first-order valence-electron chi connectivity index (χ1n) is 8.28. The van der Waals surface area contributed by atoms with Crippen molar-refractivity contribution in [1.29, 1.82) is 0 Å². The normalized spacial score (nSPS) is 10.7. The van der Waals surface area contributed by atoms with Crippen molar-refractivity contribution in [2.24, 2.45) is 0 Å². The molecule has 0 bridgehead atoms. The largest absolute Gasteiger partial charge is 0.351 e. The smallest absolute Gasteiger partial charge is 0.230 e. The third kappa shape index (κ3) is 4.32. The number of halogens is 1. The molecular formula is C20H20FN3OS. The summed E-state index contributed by atoms with van der Waals surface area (Å²) in [6.45, 7) is 4.27. The fourth-order valence-corrected chi connectivity index (χ4v) is 3.37. The Kier molecular flexibility index (Phi) is 5.73. The topological polar surface area (TPSA) is 46.9 Å². The Balaban J connectivity index is 1.62. The van der Waals surface area contributed by atoms with E-state index in [0.717, 1.165) is 22.0 Å². The Bertz CT molecular complexity index is 923. The molecule has 134 valence electrons. The molecule has 26 heavy (non-hydrogen) atoms. The fourth-order valence-electron chi connectivity index (χ4n) is 2.58. The van der Waals surface area contributed by atoms with Crippen LogP contribution in [0.25, 0.3) is 5.69 Å². The number of aromatic nitrogens is 2. The molecule has 6 heteroatoms. The number of hydrogen-bond donors (Lipinski definition) is 1. The highest BCUT2D eigenvalue weighted by atomic mass is 32.2. The molecule has 1 N–H and O–H groups in total. The molecule has 0 unspecified atom stereocenters. The lowest BCUT2D eigenvalue weighted by Gasteiger charge is -2.11. The van der Waals surface area contributed by atoms with Crippen LogP contribution in [0, 0.1) is 19.7 Å². The molecule has 3 rings (SSSR count). The van der Waals surface area contributed by atoms with Crippen LogP contribution in [-0.4, -0.2) is 21.2 Å². The standard InChI is InChI=1S/C20H20FN3OS/c1-14-7-8-15(2)18(11-14)24-10-9-22-20(24)26-13-19(25)23-12-16-5-3-4-6-17(16)21/h3-11H,12-13H2,1-2H3,(H,23,25). The molecule has 4 nitrogen and oxygen atoms in total. The van der Waals surface area contributed by atoms with E-state index in [2.05, 4.69) is 28.5 Å². The number of imidazole rings is 1. The van der Waals surface area contributed by atoms with Crippen LogP contribution >= 0.6 is 11.8 Å². The molecule has 1 heterocycles. The van der Waals surface area contributed by atoms with Gasteiger partial charge in [-0.25, -0.2) is 9.37 Å². The Morgan fingerprint density at radius 2 is 2.04 bits per heavy atom. The van der Waals surface area contributed by atoms with Crippen molar-refractivity contribution < 1.29 is 9.18 Å². The zero-order valence-corrected chi connectivity index (χ0v) is 15.5. The number of thioether (sulfide) groups is 1. The minimum Gasteiger partial charge on any atom is -0.351 e. The minimum atomic E-state index is -0.314. The van der Waals surface area contributed by atoms with Crippen LogP contribution in [0.15, 0.2) is 60.0 Å². The number of nitrogens with one attached hydrogen (secondary N) is 1. The lowest BCUT2D eigenvalue weighted by molar-refractivity contribution is -0.118. The highest BCUT2D eigenvalue weighted by Crippen LogP contribution is 2.23. The third-order valence-corrected chi connectivity index (χ3v) is 4.96. The van der Waals surface area contributed by atoms with Gasteiger partial charge in [-0.2, -0.15) is 0 Å². The van der Waals surface area contributed by atoms with Crippen molar-refractivity contribution >= 4 is 17.7 Å². The van der Waals surface area contributed by atoms with Crippen LogP contribution in [0.3, 0.4) is 0 Å². The quantitative estimate of drug-likeness (QED) is 0.667. The average Bonchev–Trinajstić information content (AvgIpc) is 3.09. The third-order valence-electron chi connectivity index (χ3n) is 4.00. The molecule has 3 aromatic rings. The molecule has 2 aromatic carbocycles. The van der Waals surface area contributed by atoms with E-state index in [9.17, 15) is 9.18 Å². The summed E-state index contributed by atoms with van der Waals surface area (Å²) in [7, 11) is 0. The van der Waals surface area contributed by atoms with E-state index >= 15 is 0 Å². The van der Waals surface area contributed by atoms with E-state index in [1.165, 1.54) is 17.8 Å². The maximum absolute atomic E-state index is 13.6. The summed E-state index contributed by atoms with van der Waals surface area (Å²) in [5.74, 6) is -0.254. The first-order chi connectivity index (χ1) is 12.5. The zero-order valence-electron chi connectivity index (χ0n) is 14.7. The van der Waals surface area contributed by atoms with E-state index in [-0.39, 0.29) is 24.0 Å². The lowest BCUT2D eigenvalue weighted by atomic mass is 10.1. The summed E-state index contributed by atoms with van der Waals surface area (Å²) in [6.07, 6.45) is 3.61. The van der Waals surface area contributed by atoms with Gasteiger partial charge < -0.3 is 5.32 Å². The van der Waals surface area contributed by atoms with Crippen LogP contribution in [-0.2, 0) is 11.3 Å². The summed E-state index contributed by atoms with van der Waals surface area (Å²) in [6, 6.07) is 12.7. The minimum absolute atomic E-state index is 0.159. The maximum atomic E-state index is 13.6. The number of hydrogen-bond acceptors (Lipinski definition) is 3. The predicted molar refractivity (Wildman–Crippen MR) is 102 cm³/mol. The molecule has 0 spiro atoms. The number of nitrogens with zero attached hydrogens (tertiary/aromatic N) is 2. The zero-order chi connectivity index (χ0) is 18.5. The van der Waals surface area contributed by atoms with Crippen molar-refractivity contribution in [3.63, 3.8) is 0 Å². The molecule has 0 radical (unpaired) electrons. The van der Waals surface area contributed by atoms with Crippen molar-refractivity contribution in [2.45, 2.75) is 25.5 Å². The highest BCUT2D eigenvalue weighted by Gasteiger charge is 2.11. The van der Waals surface area contributed by atoms with Gasteiger partial charge in [0.25, 0.3) is 0 Å². The van der Waals surface area contributed by atoms with E-state index < -0.39 is 0 Å². The number of rotatable bonds is 6. The lowest BCUT2D eigenvalue weighted by Crippen LogP contribution is -2.25. The van der Waals surface area contributed by atoms with Gasteiger partial charge in [0.05, 0.1) is 11.4 Å². The Labute approximate surface area is 156 Å². The summed E-state index contributed by atoms with van der Waals surface area (Å²) in [5.41, 5.74) is 3.83. The van der Waals surface area contributed by atoms with Crippen molar-refractivity contribution in [2.75, 3.05) is 5.75 Å². The Hall–Kier alpha value is -2.60. The second kappa shape index (κ2) is 8.19. The van der Waals surface area contributed by atoms with Crippen LogP contribution in [0.5, 0.6) is 0 Å². The maximum Gasteiger partial charge on any atom is 0.230 e. The summed E-state index contributed by atoms with van der Waals surface area (Å²) >= 11 is 1.36. The van der Waals surface area contributed by atoms with Gasteiger partial charge in [-0.05, 0) is 37.1 Å². The van der Waals surface area contributed by atoms with Gasteiger partial charge in [0.1, 0.15) is 5.82 Å². The Morgan fingerprint density at radius 1 is 1.23 bits per heavy atom. The molecule has 0 saturated carbocycles. The molecular weight excluding hydrogens is 349 g/mol. The van der Waals surface area contributed by atoms with Gasteiger partial charge in [0.15, 0.2) is 5.16 Å². The Morgan fingerprint density at radius 3 is 2.85 bits per heavy atom. The van der Waals surface area contributed by atoms with Crippen LogP contribution in [0.2, 0.25) is 0 Å². The van der Waals surface area contributed by atoms with Gasteiger partial charge in [-0.1, -0.05) is 42.1 Å². The second-order valence-electron chi connectivity index (χ2n) is 6.03. The van der Waals surface area contributed by atoms with Gasteiger partial charge in [-0.15, -0.1) is 0 Å². The van der Waals surface area contributed by atoms with Crippen molar-refractivity contribution in [1.82, 2.24) is 14.9 Å². The molecule has 1 amide bonds. The summed E-state index contributed by atoms with van der Waals surface area (Å²) < 4.78 is 15.6. The van der Waals surface area contributed by atoms with Crippen LogP contribution < -0.4 is 5.32 Å². The van der Waals surface area contributed by atoms with Crippen molar-refractivity contribution in [3.8, 4) is 5.69 Å².